The highest BCUT2D eigenvalue weighted by atomic mass is 16.4. The SMILES string of the molecule is CC(C)(C(=O)O)n1nnnc1C1CCC2CCCCC2C1. The van der Waals surface area contributed by atoms with Crippen molar-refractivity contribution >= 4 is 5.97 Å². The molecule has 3 rings (SSSR count). The van der Waals surface area contributed by atoms with Crippen LogP contribution in [-0.2, 0) is 10.3 Å². The standard InChI is InChI=1S/C15H24N4O2/c1-15(2,14(20)21)19-13(16-17-18-19)12-8-7-10-5-3-4-6-11(10)9-12/h10-12H,3-9H2,1-2H3,(H,20,21). The minimum Gasteiger partial charge on any atom is -0.479 e. The van der Waals surface area contributed by atoms with Gasteiger partial charge in [0.05, 0.1) is 0 Å². The van der Waals surface area contributed by atoms with E-state index in [-0.39, 0.29) is 0 Å². The number of hydrogen-bond acceptors (Lipinski definition) is 4. The molecule has 0 spiro atoms. The van der Waals surface area contributed by atoms with Gasteiger partial charge >= 0.3 is 5.97 Å². The highest BCUT2D eigenvalue weighted by Crippen LogP contribution is 2.45. The minimum atomic E-state index is -1.09. The second kappa shape index (κ2) is 5.39. The predicted molar refractivity (Wildman–Crippen MR) is 76.8 cm³/mol. The van der Waals surface area contributed by atoms with E-state index in [0.29, 0.717) is 5.92 Å². The molecule has 2 aliphatic carbocycles. The van der Waals surface area contributed by atoms with Crippen LogP contribution in [0.4, 0.5) is 0 Å². The lowest BCUT2D eigenvalue weighted by Crippen LogP contribution is -2.39. The first-order chi connectivity index (χ1) is 10.00. The maximum absolute atomic E-state index is 11.5. The maximum Gasteiger partial charge on any atom is 0.331 e. The molecule has 6 nitrogen and oxygen atoms in total. The number of fused-ring (bicyclic) bond motifs is 1. The molecule has 0 amide bonds. The lowest BCUT2D eigenvalue weighted by Gasteiger charge is -2.39. The van der Waals surface area contributed by atoms with Gasteiger partial charge in [0.15, 0.2) is 11.4 Å². The molecular formula is C15H24N4O2. The average Bonchev–Trinajstić information content (AvgIpc) is 2.96. The van der Waals surface area contributed by atoms with Gasteiger partial charge in [0, 0.05) is 5.92 Å². The Morgan fingerprint density at radius 2 is 1.90 bits per heavy atom. The topological polar surface area (TPSA) is 80.9 Å². The summed E-state index contributed by atoms with van der Waals surface area (Å²) < 4.78 is 1.52. The fourth-order valence-corrected chi connectivity index (χ4v) is 4.05. The lowest BCUT2D eigenvalue weighted by atomic mass is 9.67. The molecule has 2 fully saturated rings. The van der Waals surface area contributed by atoms with E-state index in [4.69, 9.17) is 0 Å². The lowest BCUT2D eigenvalue weighted by molar-refractivity contribution is -0.146. The molecule has 1 heterocycles. The molecule has 0 saturated heterocycles. The van der Waals surface area contributed by atoms with E-state index in [1.165, 1.54) is 36.8 Å². The zero-order valence-corrected chi connectivity index (χ0v) is 12.8. The van der Waals surface area contributed by atoms with Crippen LogP contribution in [0, 0.1) is 11.8 Å². The number of carboxylic acids is 1. The average molecular weight is 292 g/mol. The minimum absolute atomic E-state index is 0.304. The van der Waals surface area contributed by atoms with E-state index in [1.807, 2.05) is 0 Å². The Balaban J connectivity index is 1.82. The highest BCUT2D eigenvalue weighted by molar-refractivity contribution is 5.75. The fraction of sp³-hybridized carbons (Fsp3) is 0.867. The third-order valence-electron chi connectivity index (χ3n) is 5.45. The van der Waals surface area contributed by atoms with Crippen LogP contribution in [0.2, 0.25) is 0 Å². The zero-order chi connectivity index (χ0) is 15.0. The monoisotopic (exact) mass is 292 g/mol. The molecule has 2 saturated carbocycles. The van der Waals surface area contributed by atoms with Crippen LogP contribution in [0.3, 0.4) is 0 Å². The van der Waals surface area contributed by atoms with Crippen molar-refractivity contribution in [1.82, 2.24) is 20.2 Å². The zero-order valence-electron chi connectivity index (χ0n) is 12.8. The normalized spacial score (nSPS) is 29.9. The number of carboxylic acid groups (broad SMARTS) is 1. The molecule has 3 unspecified atom stereocenters. The summed E-state index contributed by atoms with van der Waals surface area (Å²) in [6, 6.07) is 0. The Bertz CT molecular complexity index is 525. The van der Waals surface area contributed by atoms with E-state index in [9.17, 15) is 9.90 Å². The Morgan fingerprint density at radius 3 is 2.62 bits per heavy atom. The van der Waals surface area contributed by atoms with Gasteiger partial charge in [0.2, 0.25) is 0 Å². The number of hydrogen-bond donors (Lipinski definition) is 1. The molecule has 1 aromatic rings. The third kappa shape index (κ3) is 2.56. The molecule has 1 N–H and O–H groups in total. The van der Waals surface area contributed by atoms with Gasteiger partial charge in [-0.1, -0.05) is 25.7 Å². The van der Waals surface area contributed by atoms with Crippen molar-refractivity contribution in [3.05, 3.63) is 5.82 Å². The van der Waals surface area contributed by atoms with Crippen LogP contribution in [0.1, 0.15) is 70.5 Å². The van der Waals surface area contributed by atoms with Crippen molar-refractivity contribution in [2.24, 2.45) is 11.8 Å². The van der Waals surface area contributed by atoms with Crippen molar-refractivity contribution in [1.29, 1.82) is 0 Å². The van der Waals surface area contributed by atoms with Gasteiger partial charge in [-0.2, -0.15) is 0 Å². The Morgan fingerprint density at radius 1 is 1.19 bits per heavy atom. The van der Waals surface area contributed by atoms with Crippen molar-refractivity contribution in [3.8, 4) is 0 Å². The van der Waals surface area contributed by atoms with Gasteiger partial charge in [-0.25, -0.2) is 9.48 Å². The maximum atomic E-state index is 11.5. The van der Waals surface area contributed by atoms with Gasteiger partial charge in [-0.15, -0.1) is 5.10 Å². The Labute approximate surface area is 124 Å². The number of rotatable bonds is 3. The Hall–Kier alpha value is -1.46. The smallest absolute Gasteiger partial charge is 0.331 e. The molecule has 2 aliphatic rings. The summed E-state index contributed by atoms with van der Waals surface area (Å²) in [5, 5.41) is 21.3. The summed E-state index contributed by atoms with van der Waals surface area (Å²) in [4.78, 5) is 11.5. The van der Waals surface area contributed by atoms with Gasteiger partial charge in [-0.05, 0) is 55.4 Å². The molecule has 3 atom stereocenters. The molecule has 0 bridgehead atoms. The van der Waals surface area contributed by atoms with Gasteiger partial charge in [-0.3, -0.25) is 0 Å². The molecule has 0 radical (unpaired) electrons. The molecule has 0 aromatic carbocycles. The number of carbonyl (C=O) groups is 1. The number of nitrogens with zero attached hydrogens (tertiary/aromatic N) is 4. The van der Waals surface area contributed by atoms with Gasteiger partial charge < -0.3 is 5.11 Å². The van der Waals surface area contributed by atoms with Gasteiger partial charge in [0.1, 0.15) is 0 Å². The van der Waals surface area contributed by atoms with Crippen LogP contribution in [0.15, 0.2) is 0 Å². The molecular weight excluding hydrogens is 268 g/mol. The first kappa shape index (κ1) is 14.5. The summed E-state index contributed by atoms with van der Waals surface area (Å²) in [6.07, 6.45) is 8.80. The van der Waals surface area contributed by atoms with Gasteiger partial charge in [0.25, 0.3) is 0 Å². The van der Waals surface area contributed by atoms with Crippen molar-refractivity contribution in [2.75, 3.05) is 0 Å². The van der Waals surface area contributed by atoms with Crippen molar-refractivity contribution in [2.45, 2.75) is 70.3 Å². The quantitative estimate of drug-likeness (QED) is 0.926. The summed E-state index contributed by atoms with van der Waals surface area (Å²) >= 11 is 0. The summed E-state index contributed by atoms with van der Waals surface area (Å²) in [5.74, 6) is 1.80. The molecule has 21 heavy (non-hydrogen) atoms. The molecule has 1 aromatic heterocycles. The first-order valence-electron chi connectivity index (χ1n) is 8.02. The molecule has 116 valence electrons. The Kier molecular flexibility index (Phi) is 3.71. The van der Waals surface area contributed by atoms with Crippen molar-refractivity contribution < 1.29 is 9.90 Å². The first-order valence-corrected chi connectivity index (χ1v) is 8.02. The van der Waals surface area contributed by atoms with E-state index in [2.05, 4.69) is 15.5 Å². The third-order valence-corrected chi connectivity index (χ3v) is 5.45. The summed E-state index contributed by atoms with van der Waals surface area (Å²) in [6.45, 7) is 3.31. The van der Waals surface area contributed by atoms with Crippen LogP contribution in [0.5, 0.6) is 0 Å². The van der Waals surface area contributed by atoms with Crippen LogP contribution in [0.25, 0.3) is 0 Å². The van der Waals surface area contributed by atoms with Crippen LogP contribution in [-0.4, -0.2) is 31.3 Å². The molecule has 0 aliphatic heterocycles. The summed E-state index contributed by atoms with van der Waals surface area (Å²) in [7, 11) is 0. The second-order valence-corrected chi connectivity index (χ2v) is 7.13. The van der Waals surface area contributed by atoms with E-state index in [1.54, 1.807) is 13.8 Å². The van der Waals surface area contributed by atoms with Crippen LogP contribution < -0.4 is 0 Å². The highest BCUT2D eigenvalue weighted by Gasteiger charge is 2.39. The van der Waals surface area contributed by atoms with Crippen LogP contribution >= 0.6 is 0 Å². The molecule has 6 heteroatoms. The number of tetrazole rings is 1. The fourth-order valence-electron chi connectivity index (χ4n) is 4.05. The van der Waals surface area contributed by atoms with E-state index in [0.717, 1.165) is 30.5 Å². The van der Waals surface area contributed by atoms with Crippen molar-refractivity contribution in [3.63, 3.8) is 0 Å². The van der Waals surface area contributed by atoms with E-state index < -0.39 is 11.5 Å². The number of aromatic nitrogens is 4. The number of aliphatic carboxylic acids is 1. The second-order valence-electron chi connectivity index (χ2n) is 7.13. The predicted octanol–water partition coefficient (Wildman–Crippen LogP) is 2.57. The van der Waals surface area contributed by atoms with E-state index >= 15 is 0 Å². The largest absolute Gasteiger partial charge is 0.479 e. The summed E-state index contributed by atoms with van der Waals surface area (Å²) in [5.41, 5.74) is -1.09.